The van der Waals surface area contributed by atoms with Crippen LogP contribution in [0.3, 0.4) is 0 Å². The van der Waals surface area contributed by atoms with Crippen LogP contribution in [-0.4, -0.2) is 46.4 Å². The number of ether oxygens (including phenoxy) is 3. The number of hydrogen-bond donors (Lipinski definition) is 1. The summed E-state index contributed by atoms with van der Waals surface area (Å²) in [5, 5.41) is 2.91. The van der Waals surface area contributed by atoms with E-state index in [-0.39, 0.29) is 12.6 Å². The molecule has 9 heteroatoms. The van der Waals surface area contributed by atoms with Gasteiger partial charge in [-0.15, -0.1) is 0 Å². The largest absolute Gasteiger partial charge is 0.486 e. The fourth-order valence-electron chi connectivity index (χ4n) is 3.53. The first-order valence-electron chi connectivity index (χ1n) is 9.67. The van der Waals surface area contributed by atoms with Gasteiger partial charge in [-0.25, -0.2) is 8.42 Å². The molecule has 0 saturated carbocycles. The third-order valence-corrected chi connectivity index (χ3v) is 6.25. The van der Waals surface area contributed by atoms with Crippen molar-refractivity contribution in [2.45, 2.75) is 26.0 Å². The molecule has 0 aromatic heterocycles. The fraction of sp³-hybridized carbons (Fsp3) is 0.381. The second-order valence-corrected chi connectivity index (χ2v) is 9.41. The molecule has 30 heavy (non-hydrogen) atoms. The number of amides is 1. The van der Waals surface area contributed by atoms with Crippen LogP contribution in [0, 0.1) is 6.92 Å². The molecule has 2 atom stereocenters. The maximum atomic E-state index is 12.9. The van der Waals surface area contributed by atoms with Crippen LogP contribution in [0.15, 0.2) is 36.4 Å². The molecule has 2 aliphatic heterocycles. The van der Waals surface area contributed by atoms with E-state index in [9.17, 15) is 13.2 Å². The monoisotopic (exact) mass is 432 g/mol. The molecule has 4 rings (SSSR count). The van der Waals surface area contributed by atoms with E-state index in [2.05, 4.69) is 5.32 Å². The topological polar surface area (TPSA) is 94.2 Å². The number of anilines is 1. The van der Waals surface area contributed by atoms with E-state index in [0.29, 0.717) is 36.1 Å². The number of carbonyl (C=O) groups excluding carboxylic acids is 1. The summed E-state index contributed by atoms with van der Waals surface area (Å²) < 4.78 is 42.8. The van der Waals surface area contributed by atoms with Crippen LogP contribution in [0.1, 0.15) is 24.1 Å². The quantitative estimate of drug-likeness (QED) is 0.796. The Balaban J connectivity index is 1.53. The molecule has 2 heterocycles. The third-order valence-electron chi connectivity index (χ3n) is 5.10. The van der Waals surface area contributed by atoms with Crippen molar-refractivity contribution < 1.29 is 27.4 Å². The number of rotatable bonds is 4. The van der Waals surface area contributed by atoms with E-state index in [1.807, 2.05) is 38.1 Å². The minimum absolute atomic E-state index is 0.0883. The predicted octanol–water partition coefficient (Wildman–Crippen LogP) is 2.17. The normalized spacial score (nSPS) is 18.8. The summed E-state index contributed by atoms with van der Waals surface area (Å²) in [6, 6.07) is 10.4. The molecule has 0 radical (unpaired) electrons. The summed E-state index contributed by atoms with van der Waals surface area (Å²) in [6.45, 7) is 4.62. The number of carbonyl (C=O) groups is 1. The highest BCUT2D eigenvalue weighted by Gasteiger charge is 2.35. The van der Waals surface area contributed by atoms with Gasteiger partial charge in [-0.3, -0.25) is 9.10 Å². The molecule has 0 bridgehead atoms. The van der Waals surface area contributed by atoms with E-state index >= 15 is 0 Å². The Morgan fingerprint density at radius 3 is 2.53 bits per heavy atom. The number of benzene rings is 2. The van der Waals surface area contributed by atoms with Gasteiger partial charge < -0.3 is 19.5 Å². The van der Waals surface area contributed by atoms with Gasteiger partial charge >= 0.3 is 0 Å². The summed E-state index contributed by atoms with van der Waals surface area (Å²) in [6.07, 6.45) is 0.159. The van der Waals surface area contributed by atoms with Gasteiger partial charge in [0.2, 0.25) is 10.0 Å². The molecule has 0 fully saturated rings. The minimum Gasteiger partial charge on any atom is -0.486 e. The van der Waals surface area contributed by atoms with Crippen molar-refractivity contribution in [3.8, 4) is 17.2 Å². The Morgan fingerprint density at radius 2 is 1.80 bits per heavy atom. The fourth-order valence-corrected chi connectivity index (χ4v) is 4.44. The van der Waals surface area contributed by atoms with Gasteiger partial charge in [0.05, 0.1) is 24.5 Å². The second-order valence-electron chi connectivity index (χ2n) is 7.51. The van der Waals surface area contributed by atoms with Gasteiger partial charge in [-0.1, -0.05) is 12.1 Å². The van der Waals surface area contributed by atoms with Crippen molar-refractivity contribution in [2.24, 2.45) is 0 Å². The van der Waals surface area contributed by atoms with Crippen LogP contribution in [0.5, 0.6) is 17.2 Å². The molecule has 1 amide bonds. The van der Waals surface area contributed by atoms with Gasteiger partial charge in [0.1, 0.15) is 19.0 Å². The predicted molar refractivity (Wildman–Crippen MR) is 112 cm³/mol. The number of nitrogens with zero attached hydrogens (tertiary/aromatic N) is 1. The first-order chi connectivity index (χ1) is 14.2. The lowest BCUT2D eigenvalue weighted by molar-refractivity contribution is -0.128. The van der Waals surface area contributed by atoms with Crippen LogP contribution >= 0.6 is 0 Å². The zero-order valence-corrected chi connectivity index (χ0v) is 17.9. The van der Waals surface area contributed by atoms with E-state index < -0.39 is 22.0 Å². The van der Waals surface area contributed by atoms with Gasteiger partial charge in [0.25, 0.3) is 5.91 Å². The van der Waals surface area contributed by atoms with Gasteiger partial charge in [0.15, 0.2) is 17.6 Å². The molecular formula is C21H24N2O6S. The highest BCUT2D eigenvalue weighted by molar-refractivity contribution is 7.92. The zero-order chi connectivity index (χ0) is 21.5. The summed E-state index contributed by atoms with van der Waals surface area (Å²) in [5.41, 5.74) is 2.20. The van der Waals surface area contributed by atoms with E-state index in [1.54, 1.807) is 12.1 Å². The van der Waals surface area contributed by atoms with E-state index in [0.717, 1.165) is 17.4 Å². The summed E-state index contributed by atoms with van der Waals surface area (Å²) in [4.78, 5) is 12.9. The van der Waals surface area contributed by atoms with Gasteiger partial charge in [0, 0.05) is 0 Å². The Bertz CT molecular complexity index is 1080. The molecule has 0 aliphatic carbocycles. The average molecular weight is 432 g/mol. The SMILES string of the molecule is Cc1ccc2c(c1)N(S(C)(=O)=O)C[C@H](C(=O)N[C@H](C)c1ccc3c(c1)OCCO3)O2. The molecule has 2 aliphatic rings. The molecule has 0 spiro atoms. The maximum Gasteiger partial charge on any atom is 0.263 e. The maximum absolute atomic E-state index is 12.9. The van der Waals surface area contributed by atoms with Gasteiger partial charge in [-0.2, -0.15) is 0 Å². The highest BCUT2D eigenvalue weighted by atomic mass is 32.2. The van der Waals surface area contributed by atoms with Gasteiger partial charge in [-0.05, 0) is 49.2 Å². The van der Waals surface area contributed by atoms with E-state index in [4.69, 9.17) is 14.2 Å². The molecule has 8 nitrogen and oxygen atoms in total. The average Bonchev–Trinajstić information content (AvgIpc) is 2.71. The van der Waals surface area contributed by atoms with Crippen molar-refractivity contribution >= 4 is 21.6 Å². The summed E-state index contributed by atoms with van der Waals surface area (Å²) in [5.74, 6) is 1.29. The van der Waals surface area contributed by atoms with Crippen LogP contribution in [-0.2, 0) is 14.8 Å². The molecule has 1 N–H and O–H groups in total. The molecule has 160 valence electrons. The summed E-state index contributed by atoms with van der Waals surface area (Å²) >= 11 is 0. The number of aryl methyl sites for hydroxylation is 1. The zero-order valence-electron chi connectivity index (χ0n) is 17.0. The second kappa shape index (κ2) is 7.71. The molecule has 0 unspecified atom stereocenters. The summed E-state index contributed by atoms with van der Waals surface area (Å²) in [7, 11) is -3.57. The number of nitrogens with one attached hydrogen (secondary N) is 1. The Morgan fingerprint density at radius 1 is 1.10 bits per heavy atom. The first-order valence-corrected chi connectivity index (χ1v) is 11.5. The van der Waals surface area contributed by atoms with Crippen molar-refractivity contribution in [1.29, 1.82) is 0 Å². The lowest BCUT2D eigenvalue weighted by atomic mass is 10.1. The smallest absolute Gasteiger partial charge is 0.263 e. The van der Waals surface area contributed by atoms with Crippen molar-refractivity contribution in [2.75, 3.05) is 30.3 Å². The Hall–Kier alpha value is -2.94. The Labute approximate surface area is 175 Å². The highest BCUT2D eigenvalue weighted by Crippen LogP contribution is 2.36. The van der Waals surface area contributed by atoms with Crippen LogP contribution in [0.2, 0.25) is 0 Å². The van der Waals surface area contributed by atoms with Crippen LogP contribution < -0.4 is 23.8 Å². The Kier molecular flexibility index (Phi) is 5.23. The van der Waals surface area contributed by atoms with Crippen LogP contribution in [0.25, 0.3) is 0 Å². The standard InChI is InChI=1S/C21H24N2O6S/c1-13-4-6-17-16(10-13)23(30(3,25)26)12-20(29-17)21(24)22-14(2)15-5-7-18-19(11-15)28-9-8-27-18/h4-7,10-11,14,20H,8-9,12H2,1-3H3,(H,22,24)/t14-,20-/m1/s1. The lowest BCUT2D eigenvalue weighted by Crippen LogP contribution is -2.50. The lowest BCUT2D eigenvalue weighted by Gasteiger charge is -2.34. The van der Waals surface area contributed by atoms with Crippen molar-refractivity contribution in [1.82, 2.24) is 5.32 Å². The number of hydrogen-bond acceptors (Lipinski definition) is 6. The van der Waals surface area contributed by atoms with E-state index in [1.165, 1.54) is 4.31 Å². The third kappa shape index (κ3) is 4.02. The molecule has 0 saturated heterocycles. The molecule has 2 aromatic carbocycles. The number of fused-ring (bicyclic) bond motifs is 2. The molecular weight excluding hydrogens is 408 g/mol. The first kappa shape index (κ1) is 20.3. The number of sulfonamides is 1. The van der Waals surface area contributed by atoms with Crippen LogP contribution in [0.4, 0.5) is 5.69 Å². The van der Waals surface area contributed by atoms with Crippen molar-refractivity contribution in [3.63, 3.8) is 0 Å². The van der Waals surface area contributed by atoms with Crippen molar-refractivity contribution in [3.05, 3.63) is 47.5 Å². The minimum atomic E-state index is -3.57. The molecule has 2 aromatic rings.